The fourth-order valence-electron chi connectivity index (χ4n) is 5.97. The number of aromatic hydroxyl groups is 3. The Morgan fingerprint density at radius 1 is 0.404 bits per heavy atom. The van der Waals surface area contributed by atoms with E-state index in [4.69, 9.17) is 12.5 Å². The van der Waals surface area contributed by atoms with Gasteiger partial charge in [-0.3, -0.25) is 0 Å². The van der Waals surface area contributed by atoms with Gasteiger partial charge in [-0.05, 0) is 48.5 Å². The van der Waals surface area contributed by atoms with Gasteiger partial charge in [-0.1, -0.05) is 36.4 Å². The number of phenolic OH excluding ortho intramolecular Hbond substituents is 3. The Balaban J connectivity index is 1.35. The van der Waals surface area contributed by atoms with E-state index in [0.29, 0.717) is 0 Å². The van der Waals surface area contributed by atoms with Gasteiger partial charge in [0.2, 0.25) is 33.4 Å². The number of phenols is 3. The first-order valence-electron chi connectivity index (χ1n) is 15.9. The molecule has 0 unspecified atom stereocenters. The van der Waals surface area contributed by atoms with E-state index in [-0.39, 0.29) is 49.4 Å². The van der Waals surface area contributed by atoms with Crippen molar-refractivity contribution in [2.45, 2.75) is 14.7 Å². The molecule has 0 saturated carbocycles. The zero-order valence-electron chi connectivity index (χ0n) is 28.3. The van der Waals surface area contributed by atoms with Crippen molar-refractivity contribution in [3.63, 3.8) is 0 Å². The molecule has 282 valence electrons. The maximum absolute atomic E-state index is 13.9. The van der Waals surface area contributed by atoms with E-state index in [9.17, 15) is 56.8 Å². The molecule has 3 N–H and O–H groups in total. The van der Waals surface area contributed by atoms with E-state index in [1.165, 1.54) is 54.6 Å². The lowest BCUT2D eigenvalue weighted by atomic mass is 10.1. The largest absolute Gasteiger partial charge is 0.501 e. The average molecular weight is 826 g/mol. The van der Waals surface area contributed by atoms with Gasteiger partial charge in [0.1, 0.15) is 20.4 Å². The van der Waals surface area contributed by atoms with Gasteiger partial charge in [0.15, 0.2) is 26.4 Å². The van der Waals surface area contributed by atoms with Gasteiger partial charge >= 0.3 is 47.4 Å². The number of benzene rings is 7. The highest BCUT2D eigenvalue weighted by Gasteiger charge is 2.31. The minimum atomic E-state index is -5.03. The number of rotatable bonds is 9. The van der Waals surface area contributed by atoms with Crippen LogP contribution < -0.4 is 12.5 Å². The first-order chi connectivity index (χ1) is 27.1. The molecule has 21 heteroatoms. The second-order valence-corrected chi connectivity index (χ2v) is 16.4. The van der Waals surface area contributed by atoms with E-state index < -0.39 is 79.5 Å². The third-order valence-electron chi connectivity index (χ3n) is 8.57. The van der Waals surface area contributed by atoms with Gasteiger partial charge in [-0.25, -0.2) is 0 Å². The normalized spacial score (nSPS) is 11.7. The van der Waals surface area contributed by atoms with Gasteiger partial charge in [-0.2, -0.15) is 25.3 Å². The quantitative estimate of drug-likeness (QED) is 0.0918. The number of diazo groups is 3. The standard InChI is InChI=1S/C36H18N6O12S3/c37-40-26-14-11-20-23(34(26)43)4-1-7-31(20)55(46,47)52-19-10-17-29(53-56(48,49)32-8-2-5-24-21(32)12-15-27(41-38)35(24)44)30(18-19)54-57(50,51)33-9-3-6-25-22(33)13-16-28(42-39)36(25)45/h1-18H/p+3. The van der Waals surface area contributed by atoms with Crippen LogP contribution in [0, 0.1) is 16.2 Å². The van der Waals surface area contributed by atoms with Crippen LogP contribution in [0.2, 0.25) is 0 Å². The summed E-state index contributed by atoms with van der Waals surface area (Å²) in [4.78, 5) is 7.28. The van der Waals surface area contributed by atoms with Crippen LogP contribution in [0.25, 0.3) is 47.2 Å². The summed E-state index contributed by atoms with van der Waals surface area (Å²) in [6, 6.07) is 20.7. The Morgan fingerprint density at radius 2 is 0.754 bits per heavy atom. The van der Waals surface area contributed by atoms with Crippen LogP contribution in [0.5, 0.6) is 34.5 Å². The molecule has 57 heavy (non-hydrogen) atoms. The van der Waals surface area contributed by atoms with Crippen LogP contribution in [0.15, 0.2) is 124 Å². The molecule has 0 heterocycles. The van der Waals surface area contributed by atoms with Crippen LogP contribution in [0.3, 0.4) is 0 Å². The van der Waals surface area contributed by atoms with Crippen molar-refractivity contribution in [1.29, 1.82) is 16.2 Å². The molecule has 0 aliphatic carbocycles. The number of hydrogen-bond acceptors (Lipinski definition) is 15. The van der Waals surface area contributed by atoms with Gasteiger partial charge in [0, 0.05) is 56.6 Å². The summed E-state index contributed by atoms with van der Waals surface area (Å²) >= 11 is 0. The fraction of sp³-hybridized carbons (Fsp3) is 0. The monoisotopic (exact) mass is 825 g/mol. The molecule has 0 saturated heterocycles. The molecule has 0 aromatic heterocycles. The number of fused-ring (bicyclic) bond motifs is 3. The molecule has 0 radical (unpaired) electrons. The van der Waals surface area contributed by atoms with Gasteiger partial charge in [0.05, 0.1) is 0 Å². The maximum Gasteiger partial charge on any atom is 0.426 e. The minimum absolute atomic E-state index is 0.0244. The van der Waals surface area contributed by atoms with Crippen molar-refractivity contribution < 1.29 is 53.1 Å². The third kappa shape index (κ3) is 6.57. The van der Waals surface area contributed by atoms with E-state index >= 15 is 0 Å². The predicted octanol–water partition coefficient (Wildman–Crippen LogP) is 8.02. The summed E-state index contributed by atoms with van der Waals surface area (Å²) in [6.07, 6.45) is 0. The second kappa shape index (κ2) is 13.8. The van der Waals surface area contributed by atoms with Crippen LogP contribution in [0.1, 0.15) is 0 Å². The van der Waals surface area contributed by atoms with E-state index in [1.54, 1.807) is 0 Å². The molecular formula is C36H21N6O12S3+3. The lowest BCUT2D eigenvalue weighted by molar-refractivity contribution is 0.446. The fourth-order valence-corrected chi connectivity index (χ4v) is 9.42. The SMILES string of the molecule is N#[N+]c1ccc2c(S(=O)(=O)Oc3ccc(OS(=O)(=O)c4cccc5c(O)c([N+]#N)ccc45)c(OS(=O)(=O)c4cccc5c(O)c([N+]#N)ccc45)c3)cccc2c1O. The van der Waals surface area contributed by atoms with Gasteiger partial charge in [-0.15, -0.1) is 0 Å². The molecule has 18 nitrogen and oxygen atoms in total. The molecule has 0 atom stereocenters. The smallest absolute Gasteiger partial charge is 0.426 e. The molecule has 0 amide bonds. The zero-order valence-corrected chi connectivity index (χ0v) is 30.8. The number of hydrogen-bond donors (Lipinski definition) is 3. The van der Waals surface area contributed by atoms with Crippen molar-refractivity contribution in [1.82, 2.24) is 0 Å². The number of nitrogens with zero attached hydrogens (tertiary/aromatic N) is 6. The highest BCUT2D eigenvalue weighted by molar-refractivity contribution is 7.88. The molecule has 0 aliphatic heterocycles. The van der Waals surface area contributed by atoms with Crippen LogP contribution in [-0.2, 0) is 30.4 Å². The van der Waals surface area contributed by atoms with Crippen molar-refractivity contribution in [2.75, 3.05) is 0 Å². The van der Waals surface area contributed by atoms with Crippen molar-refractivity contribution >= 4 is 79.7 Å². The first kappa shape index (κ1) is 37.5. The molecule has 7 aromatic rings. The lowest BCUT2D eigenvalue weighted by Gasteiger charge is -2.16. The van der Waals surface area contributed by atoms with Gasteiger partial charge < -0.3 is 27.9 Å². The van der Waals surface area contributed by atoms with Crippen molar-refractivity contribution in [3.05, 3.63) is 124 Å². The maximum atomic E-state index is 13.9. The Hall–Kier alpha value is -7.77. The van der Waals surface area contributed by atoms with Crippen LogP contribution in [0.4, 0.5) is 17.1 Å². The summed E-state index contributed by atoms with van der Waals surface area (Å²) in [6.45, 7) is 0. The first-order valence-corrected chi connectivity index (χ1v) is 20.1. The molecule has 7 aromatic carbocycles. The highest BCUT2D eigenvalue weighted by Crippen LogP contribution is 2.43. The highest BCUT2D eigenvalue weighted by atomic mass is 32.2. The van der Waals surface area contributed by atoms with E-state index in [1.807, 2.05) is 0 Å². The third-order valence-corrected chi connectivity index (χ3v) is 12.5. The van der Waals surface area contributed by atoms with E-state index in [0.717, 1.165) is 54.6 Å². The Morgan fingerprint density at radius 3 is 1.12 bits per heavy atom. The summed E-state index contributed by atoms with van der Waals surface area (Å²) in [7, 11) is -14.8. The second-order valence-electron chi connectivity index (χ2n) is 11.9. The molecule has 0 bridgehead atoms. The van der Waals surface area contributed by atoms with Crippen LogP contribution in [-0.4, -0.2) is 40.6 Å². The minimum Gasteiger partial charge on any atom is -0.501 e. The average Bonchev–Trinajstić information content (AvgIpc) is 3.18. The predicted molar refractivity (Wildman–Crippen MR) is 201 cm³/mol. The molecular weight excluding hydrogens is 805 g/mol. The summed E-state index contributed by atoms with van der Waals surface area (Å²) in [5, 5.41) is 58.8. The molecule has 0 aliphatic rings. The molecule has 0 spiro atoms. The van der Waals surface area contributed by atoms with Crippen LogP contribution >= 0.6 is 0 Å². The summed E-state index contributed by atoms with van der Waals surface area (Å²) in [5.41, 5.74) is -0.791. The van der Waals surface area contributed by atoms with Crippen molar-refractivity contribution in [3.8, 4) is 34.5 Å². The summed E-state index contributed by atoms with van der Waals surface area (Å²) < 4.78 is 99.0. The zero-order chi connectivity index (χ0) is 40.9. The lowest BCUT2D eigenvalue weighted by Crippen LogP contribution is -2.15. The Labute approximate surface area is 321 Å². The summed E-state index contributed by atoms with van der Waals surface area (Å²) in [5.74, 6) is -3.96. The molecule has 0 fully saturated rings. The van der Waals surface area contributed by atoms with E-state index in [2.05, 4.69) is 14.9 Å². The Kier molecular flexibility index (Phi) is 9.10. The van der Waals surface area contributed by atoms with Gasteiger partial charge in [0.25, 0.3) is 0 Å². The molecule has 7 rings (SSSR count). The van der Waals surface area contributed by atoms with Crippen molar-refractivity contribution in [2.24, 2.45) is 0 Å². The topological polar surface area (TPSA) is 275 Å². The Bertz CT molecular complexity index is 3360.